The van der Waals surface area contributed by atoms with E-state index in [9.17, 15) is 0 Å². The molecular weight excluding hydrogens is 320 g/mol. The molecule has 0 amide bonds. The molecule has 1 saturated heterocycles. The van der Waals surface area contributed by atoms with Gasteiger partial charge in [0.15, 0.2) is 0 Å². The Morgan fingerprint density at radius 2 is 2.12 bits per heavy atom. The summed E-state index contributed by atoms with van der Waals surface area (Å²) >= 11 is 0. The van der Waals surface area contributed by atoms with E-state index >= 15 is 0 Å². The van der Waals surface area contributed by atoms with Gasteiger partial charge in [-0.25, -0.2) is 4.98 Å². The monoisotopic (exact) mass is 344 g/mol. The van der Waals surface area contributed by atoms with Crippen LogP contribution in [0, 0.1) is 12.8 Å². The number of ether oxygens (including phenoxy) is 1. The van der Waals surface area contributed by atoms with Crippen LogP contribution < -0.4 is 10.2 Å². The first-order valence-corrected chi connectivity index (χ1v) is 8.97. The van der Waals surface area contributed by atoms with Gasteiger partial charge in [0, 0.05) is 38.7 Å². The molecule has 3 heterocycles. The number of aryl methyl sites for hydroxylation is 1. The highest BCUT2D eigenvalue weighted by Gasteiger charge is 2.26. The summed E-state index contributed by atoms with van der Waals surface area (Å²) < 4.78 is 10.9. The smallest absolute Gasteiger partial charge is 0.227 e. The predicted octanol–water partition coefficient (Wildman–Crippen LogP) is 1.83. The third kappa shape index (κ3) is 4.07. The number of nitrogens with one attached hydrogen (secondary N) is 1. The van der Waals surface area contributed by atoms with E-state index < -0.39 is 0 Å². The van der Waals surface area contributed by atoms with E-state index in [2.05, 4.69) is 30.4 Å². The summed E-state index contributed by atoms with van der Waals surface area (Å²) in [6, 6.07) is 2.37. The number of rotatable bonds is 5. The highest BCUT2D eigenvalue weighted by molar-refractivity contribution is 5.42. The molecule has 1 saturated carbocycles. The van der Waals surface area contributed by atoms with Gasteiger partial charge in [0.2, 0.25) is 17.7 Å². The second-order valence-corrected chi connectivity index (χ2v) is 6.78. The molecule has 0 aromatic carbocycles. The zero-order chi connectivity index (χ0) is 17.1. The zero-order valence-electron chi connectivity index (χ0n) is 14.5. The van der Waals surface area contributed by atoms with Crippen molar-refractivity contribution in [3.05, 3.63) is 24.0 Å². The van der Waals surface area contributed by atoms with E-state index in [0.717, 1.165) is 63.2 Å². The third-order valence-electron chi connectivity index (χ3n) is 4.86. The number of morpholine rings is 1. The van der Waals surface area contributed by atoms with Crippen molar-refractivity contribution in [2.75, 3.05) is 36.5 Å². The molecule has 0 radical (unpaired) electrons. The number of nitrogens with zero attached hydrogens (tertiary/aromatic N) is 5. The first kappa shape index (κ1) is 16.3. The summed E-state index contributed by atoms with van der Waals surface area (Å²) in [7, 11) is 0. The molecule has 1 aliphatic heterocycles. The van der Waals surface area contributed by atoms with E-state index in [1.54, 1.807) is 0 Å². The summed E-state index contributed by atoms with van der Waals surface area (Å²) in [5.74, 6) is 3.65. The molecule has 1 aliphatic carbocycles. The summed E-state index contributed by atoms with van der Waals surface area (Å²) in [4.78, 5) is 11.3. The van der Waals surface area contributed by atoms with Crippen LogP contribution in [-0.4, -0.2) is 52.5 Å². The Bertz CT molecular complexity index is 700. The van der Waals surface area contributed by atoms with Crippen LogP contribution in [0.2, 0.25) is 0 Å². The normalized spacial score (nSPS) is 23.8. The van der Waals surface area contributed by atoms with Crippen LogP contribution in [-0.2, 0) is 11.2 Å². The second-order valence-electron chi connectivity index (χ2n) is 6.78. The van der Waals surface area contributed by atoms with Gasteiger partial charge < -0.3 is 19.4 Å². The standard InChI is InChI=1S/C17H24N6O2/c1-12-21-22-16(25-12)11-13-2-3-14(10-13)19-15-4-5-18-17(20-15)23-6-8-24-9-7-23/h4-5,13-14H,2-3,6-11H2,1H3,(H,18,19,20)/t13-,14+/m1/s1. The van der Waals surface area contributed by atoms with Gasteiger partial charge in [0.1, 0.15) is 5.82 Å². The third-order valence-corrected chi connectivity index (χ3v) is 4.86. The molecule has 2 fully saturated rings. The second kappa shape index (κ2) is 7.35. The molecule has 2 atom stereocenters. The van der Waals surface area contributed by atoms with Crippen LogP contribution in [0.3, 0.4) is 0 Å². The maximum absolute atomic E-state index is 5.50. The lowest BCUT2D eigenvalue weighted by molar-refractivity contribution is 0.122. The van der Waals surface area contributed by atoms with Crippen LogP contribution in [0.4, 0.5) is 11.8 Å². The van der Waals surface area contributed by atoms with Crippen molar-refractivity contribution in [3.63, 3.8) is 0 Å². The average molecular weight is 344 g/mol. The van der Waals surface area contributed by atoms with Crippen molar-refractivity contribution < 1.29 is 9.15 Å². The van der Waals surface area contributed by atoms with Gasteiger partial charge >= 0.3 is 0 Å². The lowest BCUT2D eigenvalue weighted by Crippen LogP contribution is -2.37. The Hall–Kier alpha value is -2.22. The average Bonchev–Trinajstić information content (AvgIpc) is 3.25. The fraction of sp³-hybridized carbons (Fsp3) is 0.647. The van der Waals surface area contributed by atoms with Crippen LogP contribution in [0.15, 0.2) is 16.7 Å². The van der Waals surface area contributed by atoms with E-state index in [4.69, 9.17) is 9.15 Å². The van der Waals surface area contributed by atoms with Crippen molar-refractivity contribution >= 4 is 11.8 Å². The van der Waals surface area contributed by atoms with Crippen LogP contribution in [0.1, 0.15) is 31.0 Å². The molecule has 0 spiro atoms. The molecular formula is C17H24N6O2. The first-order chi connectivity index (χ1) is 12.3. The number of hydrogen-bond donors (Lipinski definition) is 1. The summed E-state index contributed by atoms with van der Waals surface area (Å²) in [5.41, 5.74) is 0. The number of anilines is 2. The molecule has 0 bridgehead atoms. The zero-order valence-corrected chi connectivity index (χ0v) is 14.5. The first-order valence-electron chi connectivity index (χ1n) is 8.97. The van der Waals surface area contributed by atoms with Crippen LogP contribution in [0.5, 0.6) is 0 Å². The highest BCUT2D eigenvalue weighted by Crippen LogP contribution is 2.30. The van der Waals surface area contributed by atoms with Gasteiger partial charge in [-0.3, -0.25) is 0 Å². The van der Waals surface area contributed by atoms with Gasteiger partial charge in [0.05, 0.1) is 13.2 Å². The SMILES string of the molecule is Cc1nnc(C[C@@H]2CC[C@H](Nc3ccnc(N4CCOCC4)n3)C2)o1. The van der Waals surface area contributed by atoms with Crippen molar-refractivity contribution in [1.82, 2.24) is 20.2 Å². The van der Waals surface area contributed by atoms with E-state index in [1.807, 2.05) is 19.2 Å². The number of aromatic nitrogens is 4. The van der Waals surface area contributed by atoms with Gasteiger partial charge in [-0.2, -0.15) is 4.98 Å². The van der Waals surface area contributed by atoms with Gasteiger partial charge in [-0.1, -0.05) is 0 Å². The van der Waals surface area contributed by atoms with Gasteiger partial charge in [-0.15, -0.1) is 10.2 Å². The minimum atomic E-state index is 0.432. The van der Waals surface area contributed by atoms with Crippen molar-refractivity contribution in [1.29, 1.82) is 0 Å². The summed E-state index contributed by atoms with van der Waals surface area (Å²) in [5, 5.41) is 11.6. The quantitative estimate of drug-likeness (QED) is 0.879. The Balaban J connectivity index is 1.33. The minimum Gasteiger partial charge on any atom is -0.426 e. The lowest BCUT2D eigenvalue weighted by Gasteiger charge is -2.27. The maximum Gasteiger partial charge on any atom is 0.227 e. The lowest BCUT2D eigenvalue weighted by atomic mass is 10.0. The summed E-state index contributed by atoms with van der Waals surface area (Å²) in [6.07, 6.45) is 6.09. The molecule has 2 aromatic rings. The molecule has 1 N–H and O–H groups in total. The highest BCUT2D eigenvalue weighted by atomic mass is 16.5. The Morgan fingerprint density at radius 3 is 2.92 bits per heavy atom. The molecule has 4 rings (SSSR count). The molecule has 134 valence electrons. The van der Waals surface area contributed by atoms with Crippen molar-refractivity contribution in [2.24, 2.45) is 5.92 Å². The Kier molecular flexibility index (Phi) is 4.78. The van der Waals surface area contributed by atoms with Crippen molar-refractivity contribution in [3.8, 4) is 0 Å². The number of hydrogen-bond acceptors (Lipinski definition) is 8. The molecule has 2 aliphatic rings. The topological polar surface area (TPSA) is 89.2 Å². The van der Waals surface area contributed by atoms with Crippen molar-refractivity contribution in [2.45, 2.75) is 38.6 Å². The fourth-order valence-corrected chi connectivity index (χ4v) is 3.61. The van der Waals surface area contributed by atoms with E-state index in [-0.39, 0.29) is 0 Å². The Morgan fingerprint density at radius 1 is 1.24 bits per heavy atom. The molecule has 8 nitrogen and oxygen atoms in total. The van der Waals surface area contributed by atoms with Gasteiger partial charge in [0.25, 0.3) is 0 Å². The fourth-order valence-electron chi connectivity index (χ4n) is 3.61. The predicted molar refractivity (Wildman–Crippen MR) is 92.6 cm³/mol. The van der Waals surface area contributed by atoms with E-state index in [1.165, 1.54) is 6.42 Å². The minimum absolute atomic E-state index is 0.432. The van der Waals surface area contributed by atoms with Gasteiger partial charge in [-0.05, 0) is 31.2 Å². The maximum atomic E-state index is 5.50. The largest absolute Gasteiger partial charge is 0.426 e. The van der Waals surface area contributed by atoms with E-state index in [0.29, 0.717) is 17.9 Å². The van der Waals surface area contributed by atoms with Crippen LogP contribution in [0.25, 0.3) is 0 Å². The molecule has 8 heteroatoms. The Labute approximate surface area is 147 Å². The molecule has 25 heavy (non-hydrogen) atoms. The van der Waals surface area contributed by atoms with Crippen LogP contribution >= 0.6 is 0 Å². The molecule has 2 aromatic heterocycles. The summed E-state index contributed by atoms with van der Waals surface area (Å²) in [6.45, 7) is 4.99. The molecule has 0 unspecified atom stereocenters.